The lowest BCUT2D eigenvalue weighted by molar-refractivity contribution is -0.832. The first-order valence-corrected chi connectivity index (χ1v) is 20.1. The summed E-state index contributed by atoms with van der Waals surface area (Å²) in [5.41, 5.74) is -0.878. The molecule has 9 atom stereocenters. The molecule has 0 unspecified atom stereocenters. The van der Waals surface area contributed by atoms with Crippen molar-refractivity contribution in [2.45, 2.75) is 123 Å². The average molecular weight is 771 g/mol. The van der Waals surface area contributed by atoms with Gasteiger partial charge in [0.2, 0.25) is 0 Å². The number of carbonyl (C=O) groups excluding carboxylic acids is 3. The predicted molar refractivity (Wildman–Crippen MR) is 178 cm³/mol. The summed E-state index contributed by atoms with van der Waals surface area (Å²) in [6.45, 7) is 6.75. The van der Waals surface area contributed by atoms with Crippen molar-refractivity contribution in [1.29, 1.82) is 0 Å². The summed E-state index contributed by atoms with van der Waals surface area (Å²) in [4.78, 5) is 38.2. The number of aromatic nitrogens is 2. The van der Waals surface area contributed by atoms with Gasteiger partial charge in [-0.25, -0.2) is 13.2 Å². The van der Waals surface area contributed by atoms with E-state index in [1.165, 1.54) is 24.3 Å². The van der Waals surface area contributed by atoms with Crippen molar-refractivity contribution in [3.8, 4) is 5.88 Å². The molecule has 2 spiro atoms. The van der Waals surface area contributed by atoms with Crippen LogP contribution in [0.1, 0.15) is 72.1 Å². The summed E-state index contributed by atoms with van der Waals surface area (Å²) in [6, 6.07) is 7.40. The predicted octanol–water partition coefficient (Wildman–Crippen LogP) is 2.68. The van der Waals surface area contributed by atoms with Crippen molar-refractivity contribution in [2.75, 3.05) is 19.8 Å². The lowest BCUT2D eigenvalue weighted by atomic mass is 9.46. The van der Waals surface area contributed by atoms with E-state index in [4.69, 9.17) is 33.2 Å². The number of fused-ring (bicyclic) bond motifs is 4. The minimum Gasteiger partial charge on any atom is -0.466 e. The van der Waals surface area contributed by atoms with Gasteiger partial charge < -0.3 is 38.4 Å². The molecule has 5 heterocycles. The van der Waals surface area contributed by atoms with Crippen molar-refractivity contribution in [2.24, 2.45) is 17.3 Å². The third-order valence-corrected chi connectivity index (χ3v) is 14.7. The lowest BCUT2D eigenvalue weighted by Gasteiger charge is -2.53. The Balaban J connectivity index is 0.765. The van der Waals surface area contributed by atoms with E-state index in [2.05, 4.69) is 16.7 Å². The number of sulfone groups is 1. The second-order valence-corrected chi connectivity index (χ2v) is 17.7. The summed E-state index contributed by atoms with van der Waals surface area (Å²) >= 11 is 0. The van der Waals surface area contributed by atoms with Crippen LogP contribution >= 0.6 is 0 Å². The highest BCUT2D eigenvalue weighted by Crippen LogP contribution is 2.83. The molecular formula is C37H42N2O14S. The fraction of sp³-hybridized carbons (Fsp3) is 0.649. The number of benzene rings is 1. The number of unbranched alkanes of at least 4 members (excludes halogenated alkanes) is 2. The highest BCUT2D eigenvalue weighted by atomic mass is 32.2. The molecule has 17 heteroatoms. The fourth-order valence-corrected chi connectivity index (χ4v) is 11.6. The van der Waals surface area contributed by atoms with Gasteiger partial charge in [-0.2, -0.15) is 0 Å². The number of carbonyl (C=O) groups is 3. The summed E-state index contributed by atoms with van der Waals surface area (Å²) < 4.78 is 72.7. The van der Waals surface area contributed by atoms with Crippen LogP contribution < -0.4 is 9.64 Å². The monoisotopic (exact) mass is 770 g/mol. The Bertz CT molecular complexity index is 2050. The van der Waals surface area contributed by atoms with E-state index in [1.54, 1.807) is 6.07 Å². The topological polar surface area (TPSA) is 213 Å². The summed E-state index contributed by atoms with van der Waals surface area (Å²) in [5, 5.41) is 14.8. The molecule has 0 N–H and O–H groups in total. The van der Waals surface area contributed by atoms with Crippen molar-refractivity contribution in [1.82, 2.24) is 5.16 Å². The van der Waals surface area contributed by atoms with Crippen LogP contribution in [0.3, 0.4) is 0 Å². The quantitative estimate of drug-likeness (QED) is 0.0888. The number of cyclic esters (lactones) is 1. The molecule has 3 aliphatic carbocycles. The average Bonchev–Trinajstić information content (AvgIpc) is 4.09. The van der Waals surface area contributed by atoms with Gasteiger partial charge in [0.05, 0.1) is 42.2 Å². The maximum Gasteiger partial charge on any atom is 0.414 e. The summed E-state index contributed by atoms with van der Waals surface area (Å²) in [6.07, 6.45) is 1.74. The largest absolute Gasteiger partial charge is 0.466 e. The molecule has 9 rings (SSSR count). The summed E-state index contributed by atoms with van der Waals surface area (Å²) in [5.74, 6) is -1.69. The van der Waals surface area contributed by atoms with Gasteiger partial charge in [0.15, 0.2) is 11.7 Å². The first-order valence-electron chi connectivity index (χ1n) is 18.6. The highest BCUT2D eigenvalue weighted by molar-refractivity contribution is 7.91. The van der Waals surface area contributed by atoms with Crippen molar-refractivity contribution in [3.63, 3.8) is 0 Å². The van der Waals surface area contributed by atoms with Crippen molar-refractivity contribution >= 4 is 27.7 Å². The van der Waals surface area contributed by atoms with Crippen LogP contribution in [0.5, 0.6) is 5.88 Å². The van der Waals surface area contributed by atoms with Crippen LogP contribution in [0.2, 0.25) is 0 Å². The van der Waals surface area contributed by atoms with Gasteiger partial charge in [0.1, 0.15) is 30.0 Å². The van der Waals surface area contributed by atoms with E-state index >= 15 is 0 Å². The molecule has 1 aromatic carbocycles. The summed E-state index contributed by atoms with van der Waals surface area (Å²) in [7, 11) is -4.22. The van der Waals surface area contributed by atoms with Crippen LogP contribution in [0.4, 0.5) is 0 Å². The van der Waals surface area contributed by atoms with E-state index < -0.39 is 55.6 Å². The first-order chi connectivity index (χ1) is 25.8. The maximum atomic E-state index is 13.5. The molecule has 0 amide bonds. The Labute approximate surface area is 310 Å². The van der Waals surface area contributed by atoms with Gasteiger partial charge in [-0.05, 0) is 73.0 Å². The van der Waals surface area contributed by atoms with Gasteiger partial charge in [-0.15, -0.1) is 0 Å². The zero-order valence-corrected chi connectivity index (χ0v) is 31.0. The maximum absolute atomic E-state index is 13.5. The number of rotatable bonds is 14. The second kappa shape index (κ2) is 12.2. The number of hydrogen-bond donors (Lipinski definition) is 0. The van der Waals surface area contributed by atoms with Gasteiger partial charge in [0, 0.05) is 11.0 Å². The number of epoxide rings is 3. The SMILES string of the molecule is CC(C)[C@]12O[C@H]1[C@@H]1O[C@]13[C@]1(O[C@H]1C[C@H]1C4=C(CC[C@@]13C)C(=O)OC4)[C@@H]2OC(=O)CCC(=O)OCCCCCOc1no[n+]([O-])c1S(=O)(=O)c1ccccc1. The first kappa shape index (κ1) is 35.6. The minimum absolute atomic E-state index is 0.00696. The fourth-order valence-electron chi connectivity index (χ4n) is 10.3. The van der Waals surface area contributed by atoms with E-state index in [9.17, 15) is 28.0 Å². The van der Waals surface area contributed by atoms with Gasteiger partial charge >= 0.3 is 28.8 Å². The Morgan fingerprint density at radius 3 is 2.57 bits per heavy atom. The van der Waals surface area contributed by atoms with Crippen LogP contribution in [0.25, 0.3) is 0 Å². The Kier molecular flexibility index (Phi) is 8.06. The van der Waals surface area contributed by atoms with E-state index in [0.29, 0.717) is 38.7 Å². The lowest BCUT2D eigenvalue weighted by Crippen LogP contribution is -2.70. The van der Waals surface area contributed by atoms with Gasteiger partial charge in [-0.1, -0.05) is 39.0 Å². The second-order valence-electron chi connectivity index (χ2n) is 15.9. The molecule has 3 saturated heterocycles. The van der Waals surface area contributed by atoms with Crippen LogP contribution in [0.15, 0.2) is 56.0 Å². The van der Waals surface area contributed by atoms with Crippen LogP contribution in [0, 0.1) is 22.5 Å². The van der Waals surface area contributed by atoms with Gasteiger partial charge in [-0.3, -0.25) is 14.2 Å². The molecule has 0 bridgehead atoms. The Morgan fingerprint density at radius 1 is 1.04 bits per heavy atom. The van der Waals surface area contributed by atoms with Crippen LogP contribution in [-0.4, -0.2) is 92.5 Å². The van der Waals surface area contributed by atoms with E-state index in [0.717, 1.165) is 17.6 Å². The minimum atomic E-state index is -4.22. The molecule has 4 aliphatic heterocycles. The molecule has 16 nitrogen and oxygen atoms in total. The third kappa shape index (κ3) is 4.83. The molecule has 1 aromatic heterocycles. The number of esters is 3. The van der Waals surface area contributed by atoms with Crippen molar-refractivity contribution < 1.29 is 65.5 Å². The molecule has 2 aromatic rings. The number of ether oxygens (including phenoxy) is 7. The third-order valence-electron chi connectivity index (χ3n) is 13.0. The molecule has 5 fully saturated rings. The molecule has 2 saturated carbocycles. The van der Waals surface area contributed by atoms with E-state index in [1.807, 2.05) is 13.8 Å². The Morgan fingerprint density at radius 2 is 1.80 bits per heavy atom. The van der Waals surface area contributed by atoms with Crippen molar-refractivity contribution in [3.05, 3.63) is 46.7 Å². The molecule has 7 aliphatic rings. The molecule has 0 radical (unpaired) electrons. The molecule has 54 heavy (non-hydrogen) atoms. The van der Waals surface area contributed by atoms with Gasteiger partial charge in [0.25, 0.3) is 9.84 Å². The van der Waals surface area contributed by atoms with E-state index in [-0.39, 0.29) is 77.4 Å². The smallest absolute Gasteiger partial charge is 0.414 e. The number of nitrogens with zero attached hydrogens (tertiary/aromatic N) is 2. The molecular weight excluding hydrogens is 728 g/mol. The zero-order chi connectivity index (χ0) is 37.8. The Hall–Kier alpha value is -4.06. The van der Waals surface area contributed by atoms with Crippen LogP contribution in [-0.2, 0) is 52.6 Å². The number of hydrogen-bond acceptors (Lipinski definition) is 15. The normalized spacial score (nSPS) is 36.4. The standard InChI is InChI=1S/C37H42N2O14S/c1-20(2)35-28(51-35)29-37(52-29)34(3)15-14-22-23(19-48-32(22)42)24(34)18-25-36(37,50-25)33(35)49-27(41)13-12-26(40)46-16-8-5-9-17-47-30-31(39(43)53-38-30)54(44,45)21-10-6-4-7-11-21/h4,6-7,10-11,20,24-25,28-29,33H,5,8-9,12-19H2,1-3H3/t24-,25-,28-,29-,33+,34-,35-,36+,37+/m0/s1. The highest BCUT2D eigenvalue weighted by Gasteiger charge is 3.01. The zero-order valence-electron chi connectivity index (χ0n) is 30.1. The molecule has 290 valence electrons.